The summed E-state index contributed by atoms with van der Waals surface area (Å²) in [5.41, 5.74) is 1.62. The minimum Gasteiger partial charge on any atom is -0.314 e. The van der Waals surface area contributed by atoms with Crippen LogP contribution in [0.3, 0.4) is 0 Å². The first-order chi connectivity index (χ1) is 8.45. The summed E-state index contributed by atoms with van der Waals surface area (Å²) >= 11 is 12.3. The summed E-state index contributed by atoms with van der Waals surface area (Å²) in [6.07, 6.45) is 2.25. The molecule has 2 atom stereocenters. The van der Waals surface area contributed by atoms with Crippen LogP contribution in [0.5, 0.6) is 0 Å². The predicted octanol–water partition coefficient (Wildman–Crippen LogP) is 4.56. The summed E-state index contributed by atoms with van der Waals surface area (Å²) < 4.78 is 0. The molecular formula is C15H21Cl2N. The van der Waals surface area contributed by atoms with Crippen LogP contribution in [-0.2, 0) is 6.42 Å². The molecule has 1 aromatic rings. The zero-order chi connectivity index (χ0) is 13.3. The molecule has 1 fully saturated rings. The van der Waals surface area contributed by atoms with Crippen LogP contribution in [0.2, 0.25) is 10.0 Å². The highest BCUT2D eigenvalue weighted by molar-refractivity contribution is 6.42. The minimum atomic E-state index is 0.470. The quantitative estimate of drug-likeness (QED) is 0.836. The third-order valence-corrected chi connectivity index (χ3v) is 4.87. The number of hydrogen-bond donors (Lipinski definition) is 1. The molecule has 0 aliphatic heterocycles. The van der Waals surface area contributed by atoms with Gasteiger partial charge in [-0.05, 0) is 42.3 Å². The topological polar surface area (TPSA) is 12.0 Å². The van der Waals surface area contributed by atoms with E-state index < -0.39 is 0 Å². The molecule has 0 spiro atoms. The number of hydrogen-bond acceptors (Lipinski definition) is 1. The van der Waals surface area contributed by atoms with E-state index in [2.05, 4.69) is 32.2 Å². The second-order valence-corrected chi connectivity index (χ2v) is 6.67. The Bertz CT molecular complexity index is 429. The Labute approximate surface area is 120 Å². The van der Waals surface area contributed by atoms with Gasteiger partial charge in [-0.25, -0.2) is 0 Å². The lowest BCUT2D eigenvalue weighted by Crippen LogP contribution is -2.34. The highest BCUT2D eigenvalue weighted by atomic mass is 35.5. The molecule has 1 N–H and O–H groups in total. The predicted molar refractivity (Wildman–Crippen MR) is 79.5 cm³/mol. The molecule has 0 radical (unpaired) electrons. The van der Waals surface area contributed by atoms with Gasteiger partial charge in [-0.2, -0.15) is 0 Å². The third kappa shape index (κ3) is 3.01. The van der Waals surface area contributed by atoms with Gasteiger partial charge in [0, 0.05) is 6.04 Å². The molecule has 0 amide bonds. The molecule has 1 saturated carbocycles. The molecule has 3 heteroatoms. The van der Waals surface area contributed by atoms with Gasteiger partial charge in [-0.15, -0.1) is 0 Å². The molecule has 0 heterocycles. The number of halogens is 2. The number of benzene rings is 1. The Kier molecular flexibility index (Phi) is 4.25. The van der Waals surface area contributed by atoms with Crippen LogP contribution in [0.25, 0.3) is 0 Å². The Morgan fingerprint density at radius 3 is 2.61 bits per heavy atom. The molecule has 0 bridgehead atoms. The molecule has 18 heavy (non-hydrogen) atoms. The molecule has 0 aromatic heterocycles. The largest absolute Gasteiger partial charge is 0.314 e. The van der Waals surface area contributed by atoms with Crippen LogP contribution in [0.4, 0.5) is 0 Å². The van der Waals surface area contributed by atoms with Crippen molar-refractivity contribution in [3.05, 3.63) is 33.8 Å². The molecule has 2 unspecified atom stereocenters. The van der Waals surface area contributed by atoms with Crippen molar-refractivity contribution >= 4 is 23.2 Å². The Morgan fingerprint density at radius 2 is 2.06 bits per heavy atom. The summed E-state index contributed by atoms with van der Waals surface area (Å²) in [5, 5.41) is 4.95. The van der Waals surface area contributed by atoms with Crippen LogP contribution >= 0.6 is 23.2 Å². The molecule has 1 nitrogen and oxygen atoms in total. The third-order valence-electron chi connectivity index (χ3n) is 4.01. The maximum atomic E-state index is 6.27. The Hall–Kier alpha value is -0.240. The van der Waals surface area contributed by atoms with Crippen molar-refractivity contribution in [2.75, 3.05) is 6.54 Å². The molecule has 1 aromatic carbocycles. The van der Waals surface area contributed by atoms with Crippen molar-refractivity contribution in [1.82, 2.24) is 5.32 Å². The summed E-state index contributed by atoms with van der Waals surface area (Å²) in [7, 11) is 0. The van der Waals surface area contributed by atoms with Gasteiger partial charge in [0.1, 0.15) is 0 Å². The molecule has 100 valence electrons. The summed E-state index contributed by atoms with van der Waals surface area (Å²) in [5.74, 6) is 0.743. The average Bonchev–Trinajstić information content (AvgIpc) is 2.93. The fourth-order valence-corrected chi connectivity index (χ4v) is 3.15. The van der Waals surface area contributed by atoms with Gasteiger partial charge in [0.05, 0.1) is 10.0 Å². The van der Waals surface area contributed by atoms with E-state index in [0.29, 0.717) is 21.5 Å². The van der Waals surface area contributed by atoms with Crippen molar-refractivity contribution in [2.24, 2.45) is 11.3 Å². The standard InChI is InChI=1S/C15H21Cl2N/c1-4-18-13(11-9-15(11,2)3)8-10-6-5-7-12(16)14(10)17/h5-7,11,13,18H,4,8-9H2,1-3H3. The minimum absolute atomic E-state index is 0.470. The van der Waals surface area contributed by atoms with Crippen LogP contribution in [-0.4, -0.2) is 12.6 Å². The molecule has 0 saturated heterocycles. The van der Waals surface area contributed by atoms with E-state index in [1.165, 1.54) is 6.42 Å². The lowest BCUT2D eigenvalue weighted by Gasteiger charge is -2.20. The van der Waals surface area contributed by atoms with Gasteiger partial charge in [-0.3, -0.25) is 0 Å². The first kappa shape index (κ1) is 14.2. The molecule has 2 rings (SSSR count). The summed E-state index contributed by atoms with van der Waals surface area (Å²) in [4.78, 5) is 0. The van der Waals surface area contributed by atoms with Gasteiger partial charge in [-0.1, -0.05) is 56.1 Å². The normalized spacial score (nSPS) is 22.8. The van der Waals surface area contributed by atoms with Crippen molar-refractivity contribution < 1.29 is 0 Å². The van der Waals surface area contributed by atoms with Crippen molar-refractivity contribution in [3.8, 4) is 0 Å². The van der Waals surface area contributed by atoms with Crippen molar-refractivity contribution in [2.45, 2.75) is 39.7 Å². The van der Waals surface area contributed by atoms with E-state index in [1.54, 1.807) is 0 Å². The van der Waals surface area contributed by atoms with Crippen LogP contribution in [0, 0.1) is 11.3 Å². The van der Waals surface area contributed by atoms with Gasteiger partial charge >= 0.3 is 0 Å². The van der Waals surface area contributed by atoms with E-state index in [9.17, 15) is 0 Å². The number of rotatable bonds is 5. The zero-order valence-electron chi connectivity index (χ0n) is 11.3. The van der Waals surface area contributed by atoms with E-state index in [1.807, 2.05) is 12.1 Å². The fraction of sp³-hybridized carbons (Fsp3) is 0.600. The maximum absolute atomic E-state index is 6.27. The first-order valence-electron chi connectivity index (χ1n) is 6.62. The van der Waals surface area contributed by atoms with Crippen LogP contribution in [0.15, 0.2) is 18.2 Å². The van der Waals surface area contributed by atoms with Crippen LogP contribution in [0.1, 0.15) is 32.8 Å². The van der Waals surface area contributed by atoms with Crippen LogP contribution < -0.4 is 5.32 Å². The summed E-state index contributed by atoms with van der Waals surface area (Å²) in [6.45, 7) is 7.82. The molecular weight excluding hydrogens is 265 g/mol. The SMILES string of the molecule is CCNC(Cc1cccc(Cl)c1Cl)C1CC1(C)C. The fourth-order valence-electron chi connectivity index (χ4n) is 2.76. The lowest BCUT2D eigenvalue weighted by atomic mass is 9.97. The highest BCUT2D eigenvalue weighted by Crippen LogP contribution is 2.54. The van der Waals surface area contributed by atoms with Crippen molar-refractivity contribution in [1.29, 1.82) is 0 Å². The zero-order valence-corrected chi connectivity index (χ0v) is 12.8. The van der Waals surface area contributed by atoms with E-state index in [4.69, 9.17) is 23.2 Å². The average molecular weight is 286 g/mol. The summed E-state index contributed by atoms with van der Waals surface area (Å²) in [6, 6.07) is 6.40. The van der Waals surface area contributed by atoms with Gasteiger partial charge in [0.2, 0.25) is 0 Å². The highest BCUT2D eigenvalue weighted by Gasteiger charge is 2.49. The van der Waals surface area contributed by atoms with E-state index in [-0.39, 0.29) is 0 Å². The Morgan fingerprint density at radius 1 is 1.39 bits per heavy atom. The van der Waals surface area contributed by atoms with E-state index in [0.717, 1.165) is 24.4 Å². The molecule has 1 aliphatic rings. The van der Waals surface area contributed by atoms with Gasteiger partial charge < -0.3 is 5.32 Å². The molecule has 1 aliphatic carbocycles. The second kappa shape index (κ2) is 5.40. The Balaban J connectivity index is 2.12. The lowest BCUT2D eigenvalue weighted by molar-refractivity contribution is 0.409. The monoisotopic (exact) mass is 285 g/mol. The first-order valence-corrected chi connectivity index (χ1v) is 7.37. The maximum Gasteiger partial charge on any atom is 0.0624 e. The van der Waals surface area contributed by atoms with Gasteiger partial charge in [0.15, 0.2) is 0 Å². The number of likely N-dealkylation sites (N-methyl/N-ethyl adjacent to an activating group) is 1. The van der Waals surface area contributed by atoms with Gasteiger partial charge in [0.25, 0.3) is 0 Å². The van der Waals surface area contributed by atoms with E-state index >= 15 is 0 Å². The smallest absolute Gasteiger partial charge is 0.0624 e. The second-order valence-electron chi connectivity index (χ2n) is 5.88. The number of nitrogens with one attached hydrogen (secondary N) is 1. The van der Waals surface area contributed by atoms with Crippen molar-refractivity contribution in [3.63, 3.8) is 0 Å².